The molecule has 0 bridgehead atoms. The maximum absolute atomic E-state index is 11.3. The molecule has 0 fully saturated rings. The third-order valence-corrected chi connectivity index (χ3v) is 2.80. The number of benzene rings is 2. The lowest BCUT2D eigenvalue weighted by Crippen LogP contribution is -2.19. The molecular formula is C16H15NO2. The van der Waals surface area contributed by atoms with Gasteiger partial charge in [-0.1, -0.05) is 36.4 Å². The van der Waals surface area contributed by atoms with Crippen molar-refractivity contribution in [1.29, 1.82) is 0 Å². The molecule has 3 heteroatoms. The monoisotopic (exact) mass is 253 g/mol. The van der Waals surface area contributed by atoms with Gasteiger partial charge in [-0.3, -0.25) is 0 Å². The third-order valence-electron chi connectivity index (χ3n) is 2.80. The van der Waals surface area contributed by atoms with Crippen LogP contribution in [0.25, 0.3) is 0 Å². The second kappa shape index (κ2) is 5.87. The summed E-state index contributed by atoms with van der Waals surface area (Å²) < 4.78 is 0. The van der Waals surface area contributed by atoms with Crippen molar-refractivity contribution in [1.82, 2.24) is 0 Å². The zero-order valence-electron chi connectivity index (χ0n) is 10.5. The molecule has 0 radical (unpaired) electrons. The third kappa shape index (κ3) is 2.83. The molecule has 0 unspecified atom stereocenters. The Bertz CT molecular complexity index is 578. The first-order chi connectivity index (χ1) is 9.24. The van der Waals surface area contributed by atoms with Crippen LogP contribution in [0.15, 0.2) is 67.3 Å². The van der Waals surface area contributed by atoms with E-state index in [4.69, 9.17) is 0 Å². The van der Waals surface area contributed by atoms with Gasteiger partial charge in [-0.05, 0) is 24.3 Å². The minimum Gasteiger partial charge on any atom is -0.478 e. The maximum Gasteiger partial charge on any atom is 0.337 e. The second-order valence-corrected chi connectivity index (χ2v) is 4.06. The van der Waals surface area contributed by atoms with Crippen LogP contribution in [0.2, 0.25) is 0 Å². The summed E-state index contributed by atoms with van der Waals surface area (Å²) in [6, 6.07) is 16.6. The summed E-state index contributed by atoms with van der Waals surface area (Å²) in [5.41, 5.74) is 1.89. The first-order valence-electron chi connectivity index (χ1n) is 6.00. The number of carboxylic acids is 1. The van der Waals surface area contributed by atoms with E-state index in [1.807, 2.05) is 41.3 Å². The lowest BCUT2D eigenvalue weighted by Gasteiger charge is -2.25. The molecule has 2 rings (SSSR count). The summed E-state index contributed by atoms with van der Waals surface area (Å²) in [6.45, 7) is 4.29. The van der Waals surface area contributed by atoms with Gasteiger partial charge in [0, 0.05) is 12.2 Å². The number of carbonyl (C=O) groups is 1. The predicted octanol–water partition coefficient (Wildman–Crippen LogP) is 3.71. The zero-order chi connectivity index (χ0) is 13.7. The fourth-order valence-electron chi connectivity index (χ4n) is 1.97. The van der Waals surface area contributed by atoms with Gasteiger partial charge in [-0.2, -0.15) is 0 Å². The van der Waals surface area contributed by atoms with Gasteiger partial charge in [0.05, 0.1) is 11.3 Å². The number of rotatable bonds is 5. The molecule has 2 aromatic rings. The fourth-order valence-corrected chi connectivity index (χ4v) is 1.97. The molecule has 0 heterocycles. The Labute approximate surface area is 112 Å². The lowest BCUT2D eigenvalue weighted by atomic mass is 10.1. The Morgan fingerprint density at radius 3 is 2.37 bits per heavy atom. The first kappa shape index (κ1) is 12.9. The highest BCUT2D eigenvalue weighted by atomic mass is 16.4. The number of nitrogens with zero attached hydrogens (tertiary/aromatic N) is 1. The topological polar surface area (TPSA) is 40.5 Å². The largest absolute Gasteiger partial charge is 0.478 e. The molecule has 1 N–H and O–H groups in total. The molecule has 0 aromatic heterocycles. The van der Waals surface area contributed by atoms with Crippen LogP contribution in [0.5, 0.6) is 0 Å². The number of hydrogen-bond acceptors (Lipinski definition) is 2. The van der Waals surface area contributed by atoms with Crippen LogP contribution in [0, 0.1) is 0 Å². The van der Waals surface area contributed by atoms with Crippen molar-refractivity contribution < 1.29 is 9.90 Å². The zero-order valence-corrected chi connectivity index (χ0v) is 10.5. The molecule has 0 saturated carbocycles. The van der Waals surface area contributed by atoms with Gasteiger partial charge in [0.25, 0.3) is 0 Å². The molecule has 2 aromatic carbocycles. The number of aromatic carboxylic acids is 1. The van der Waals surface area contributed by atoms with Crippen LogP contribution >= 0.6 is 0 Å². The Balaban J connectivity index is 2.51. The van der Waals surface area contributed by atoms with E-state index in [1.165, 1.54) is 0 Å². The summed E-state index contributed by atoms with van der Waals surface area (Å²) in [6.07, 6.45) is 1.76. The lowest BCUT2D eigenvalue weighted by molar-refractivity contribution is 0.0697. The smallest absolute Gasteiger partial charge is 0.337 e. The molecule has 19 heavy (non-hydrogen) atoms. The predicted molar refractivity (Wildman–Crippen MR) is 77.0 cm³/mol. The normalized spacial score (nSPS) is 9.89. The van der Waals surface area contributed by atoms with Gasteiger partial charge >= 0.3 is 5.97 Å². The van der Waals surface area contributed by atoms with Gasteiger partial charge < -0.3 is 10.0 Å². The van der Waals surface area contributed by atoms with Crippen LogP contribution in [0.1, 0.15) is 10.4 Å². The molecular weight excluding hydrogens is 238 g/mol. The van der Waals surface area contributed by atoms with Gasteiger partial charge in [0.15, 0.2) is 0 Å². The van der Waals surface area contributed by atoms with Gasteiger partial charge in [0.1, 0.15) is 0 Å². The molecule has 0 saturated heterocycles. The molecule has 96 valence electrons. The molecule has 0 amide bonds. The summed E-state index contributed by atoms with van der Waals surface area (Å²) in [4.78, 5) is 13.2. The van der Waals surface area contributed by atoms with Gasteiger partial charge in [-0.25, -0.2) is 4.79 Å². The fraction of sp³-hybridized carbons (Fsp3) is 0.0625. The van der Waals surface area contributed by atoms with Crippen molar-refractivity contribution >= 4 is 17.3 Å². The molecule has 0 aliphatic rings. The van der Waals surface area contributed by atoms with Crippen LogP contribution in [0.3, 0.4) is 0 Å². The molecule has 0 atom stereocenters. The van der Waals surface area contributed by atoms with Crippen LogP contribution in [0.4, 0.5) is 11.4 Å². The SMILES string of the molecule is C=CCN(c1ccccc1)c1ccccc1C(=O)O. The van der Waals surface area contributed by atoms with E-state index in [9.17, 15) is 9.90 Å². The molecule has 0 aliphatic carbocycles. The number of anilines is 2. The standard InChI is InChI=1S/C16H15NO2/c1-2-12-17(13-8-4-3-5-9-13)15-11-7-6-10-14(15)16(18)19/h2-11H,1,12H2,(H,18,19). The number of hydrogen-bond donors (Lipinski definition) is 1. The van der Waals surface area contributed by atoms with E-state index in [2.05, 4.69) is 6.58 Å². The van der Waals surface area contributed by atoms with Crippen LogP contribution in [-0.2, 0) is 0 Å². The van der Waals surface area contributed by atoms with E-state index in [0.717, 1.165) is 5.69 Å². The molecule has 0 aliphatic heterocycles. The highest BCUT2D eigenvalue weighted by Crippen LogP contribution is 2.28. The minimum absolute atomic E-state index is 0.285. The van der Waals surface area contributed by atoms with Gasteiger partial charge in [-0.15, -0.1) is 6.58 Å². The van der Waals surface area contributed by atoms with Crippen molar-refractivity contribution in [3.05, 3.63) is 72.8 Å². The molecule has 3 nitrogen and oxygen atoms in total. The van der Waals surface area contributed by atoms with Crippen molar-refractivity contribution in [2.24, 2.45) is 0 Å². The van der Waals surface area contributed by atoms with Gasteiger partial charge in [0.2, 0.25) is 0 Å². The Kier molecular flexibility index (Phi) is 3.98. The highest BCUT2D eigenvalue weighted by molar-refractivity contribution is 5.95. The number of para-hydroxylation sites is 2. The minimum atomic E-state index is -0.930. The van der Waals surface area contributed by atoms with E-state index >= 15 is 0 Å². The molecule has 0 spiro atoms. The average molecular weight is 253 g/mol. The van der Waals surface area contributed by atoms with Crippen molar-refractivity contribution in [2.75, 3.05) is 11.4 Å². The maximum atomic E-state index is 11.3. The summed E-state index contributed by atoms with van der Waals surface area (Å²) in [7, 11) is 0. The summed E-state index contributed by atoms with van der Waals surface area (Å²) in [5.74, 6) is -0.930. The van der Waals surface area contributed by atoms with Crippen molar-refractivity contribution in [2.45, 2.75) is 0 Å². The summed E-state index contributed by atoms with van der Waals surface area (Å²) >= 11 is 0. The van der Waals surface area contributed by atoms with Crippen LogP contribution < -0.4 is 4.90 Å². The van der Waals surface area contributed by atoms with E-state index < -0.39 is 5.97 Å². The summed E-state index contributed by atoms with van der Waals surface area (Å²) in [5, 5.41) is 9.28. The van der Waals surface area contributed by atoms with Crippen molar-refractivity contribution in [3.63, 3.8) is 0 Å². The van der Waals surface area contributed by atoms with E-state index in [-0.39, 0.29) is 5.56 Å². The highest BCUT2D eigenvalue weighted by Gasteiger charge is 2.15. The Morgan fingerprint density at radius 2 is 1.74 bits per heavy atom. The second-order valence-electron chi connectivity index (χ2n) is 4.06. The Hall–Kier alpha value is -2.55. The van der Waals surface area contributed by atoms with E-state index in [0.29, 0.717) is 12.2 Å². The first-order valence-corrected chi connectivity index (χ1v) is 6.00. The number of carboxylic acid groups (broad SMARTS) is 1. The Morgan fingerprint density at radius 1 is 1.11 bits per heavy atom. The quantitative estimate of drug-likeness (QED) is 0.826. The van der Waals surface area contributed by atoms with Crippen molar-refractivity contribution in [3.8, 4) is 0 Å². The van der Waals surface area contributed by atoms with E-state index in [1.54, 1.807) is 24.3 Å². The average Bonchev–Trinajstić information content (AvgIpc) is 2.45. The van der Waals surface area contributed by atoms with Crippen LogP contribution in [-0.4, -0.2) is 17.6 Å².